The predicted octanol–water partition coefficient (Wildman–Crippen LogP) is 2.85. The maximum Gasteiger partial charge on any atom is 0.166 e. The average molecular weight is 261 g/mol. The number of nitrogens with one attached hydrogen (secondary N) is 1. The molecule has 3 rings (SSSR count). The first-order valence-corrected chi connectivity index (χ1v) is 6.39. The summed E-state index contributed by atoms with van der Waals surface area (Å²) in [5.41, 5.74) is 2.80. The van der Waals surface area contributed by atoms with E-state index in [2.05, 4.69) is 15.1 Å². The number of benzene rings is 1. The van der Waals surface area contributed by atoms with E-state index in [9.17, 15) is 0 Å². The highest BCUT2D eigenvalue weighted by Crippen LogP contribution is 2.24. The molecule has 0 atom stereocenters. The Kier molecular flexibility index (Phi) is 2.93. The van der Waals surface area contributed by atoms with Gasteiger partial charge < -0.3 is 14.2 Å². The molecule has 0 unspecified atom stereocenters. The smallest absolute Gasteiger partial charge is 0.166 e. The first-order chi connectivity index (χ1) is 8.85. The maximum atomic E-state index is 5.17. The van der Waals surface area contributed by atoms with Crippen LogP contribution in [0.2, 0.25) is 0 Å². The van der Waals surface area contributed by atoms with E-state index in [1.165, 1.54) is 0 Å². The fourth-order valence-electron chi connectivity index (χ4n) is 1.61. The molecule has 6 heteroatoms. The molecule has 1 N–H and O–H groups in total. The molecule has 0 fully saturated rings. The number of fused-ring (bicyclic) bond motifs is 1. The third-order valence-electron chi connectivity index (χ3n) is 2.52. The molecule has 0 bridgehead atoms. The van der Waals surface area contributed by atoms with Gasteiger partial charge in [0.2, 0.25) is 0 Å². The Labute approximate surface area is 108 Å². The van der Waals surface area contributed by atoms with Gasteiger partial charge in [-0.25, -0.2) is 4.98 Å². The highest BCUT2D eigenvalue weighted by atomic mass is 32.2. The molecular weight excluding hydrogens is 250 g/mol. The molecule has 0 amide bonds. The van der Waals surface area contributed by atoms with Gasteiger partial charge >= 0.3 is 0 Å². The molecule has 5 nitrogen and oxygen atoms in total. The van der Waals surface area contributed by atoms with Crippen LogP contribution in [0.25, 0.3) is 11.0 Å². The van der Waals surface area contributed by atoms with Crippen LogP contribution in [-0.2, 0) is 5.75 Å². The van der Waals surface area contributed by atoms with Gasteiger partial charge in [0.15, 0.2) is 5.16 Å². The SMILES string of the molecule is COc1ccc2nc(SCc3ccon3)[nH]c2c1. The largest absolute Gasteiger partial charge is 0.497 e. The minimum Gasteiger partial charge on any atom is -0.497 e. The number of rotatable bonds is 4. The van der Waals surface area contributed by atoms with Crippen LogP contribution in [0.4, 0.5) is 0 Å². The number of aromatic amines is 1. The van der Waals surface area contributed by atoms with Crippen LogP contribution in [0.5, 0.6) is 5.75 Å². The summed E-state index contributed by atoms with van der Waals surface area (Å²) in [4.78, 5) is 7.73. The van der Waals surface area contributed by atoms with Crippen molar-refractivity contribution < 1.29 is 9.26 Å². The minimum atomic E-state index is 0.730. The van der Waals surface area contributed by atoms with Crippen molar-refractivity contribution in [1.82, 2.24) is 15.1 Å². The van der Waals surface area contributed by atoms with E-state index in [0.29, 0.717) is 0 Å². The van der Waals surface area contributed by atoms with Gasteiger partial charge in [-0.05, 0) is 12.1 Å². The van der Waals surface area contributed by atoms with Crippen LogP contribution >= 0.6 is 11.8 Å². The van der Waals surface area contributed by atoms with Crippen molar-refractivity contribution in [2.24, 2.45) is 0 Å². The Bertz CT molecular complexity index is 648. The van der Waals surface area contributed by atoms with Gasteiger partial charge in [-0.15, -0.1) is 0 Å². The van der Waals surface area contributed by atoms with Crippen LogP contribution in [0, 0.1) is 0 Å². The molecular formula is C12H11N3O2S. The minimum absolute atomic E-state index is 0.730. The van der Waals surface area contributed by atoms with Crippen molar-refractivity contribution in [2.45, 2.75) is 10.9 Å². The van der Waals surface area contributed by atoms with Crippen LogP contribution in [0.3, 0.4) is 0 Å². The molecule has 92 valence electrons. The Hall–Kier alpha value is -1.95. The summed E-state index contributed by atoms with van der Waals surface area (Å²) in [7, 11) is 1.65. The van der Waals surface area contributed by atoms with Gasteiger partial charge in [0, 0.05) is 17.9 Å². The van der Waals surface area contributed by atoms with E-state index in [4.69, 9.17) is 9.26 Å². The average Bonchev–Trinajstić information content (AvgIpc) is 3.04. The number of methoxy groups -OCH3 is 1. The van der Waals surface area contributed by atoms with Crippen LogP contribution in [0.15, 0.2) is 40.2 Å². The van der Waals surface area contributed by atoms with Crippen LogP contribution < -0.4 is 4.74 Å². The van der Waals surface area contributed by atoms with Crippen LogP contribution in [0.1, 0.15) is 5.69 Å². The standard InChI is InChI=1S/C12H11N3O2S/c1-16-9-2-3-10-11(6-9)14-12(13-10)18-7-8-4-5-17-15-8/h2-6H,7H2,1H3,(H,13,14). The van der Waals surface area contributed by atoms with Gasteiger partial charge in [-0.3, -0.25) is 0 Å². The summed E-state index contributed by atoms with van der Waals surface area (Å²) in [5.74, 6) is 1.55. The zero-order chi connectivity index (χ0) is 12.4. The zero-order valence-electron chi connectivity index (χ0n) is 9.71. The summed E-state index contributed by atoms with van der Waals surface area (Å²) in [5, 5.41) is 4.72. The second kappa shape index (κ2) is 4.73. The van der Waals surface area contributed by atoms with Crippen molar-refractivity contribution in [2.75, 3.05) is 7.11 Å². The van der Waals surface area contributed by atoms with Crippen molar-refractivity contribution in [3.05, 3.63) is 36.2 Å². The van der Waals surface area contributed by atoms with Gasteiger partial charge in [0.1, 0.15) is 12.0 Å². The molecule has 0 aliphatic carbocycles. The van der Waals surface area contributed by atoms with E-state index < -0.39 is 0 Å². The molecule has 2 heterocycles. The number of thioether (sulfide) groups is 1. The number of aromatic nitrogens is 3. The second-order valence-electron chi connectivity index (χ2n) is 3.70. The normalized spacial score (nSPS) is 10.9. The van der Waals surface area contributed by atoms with E-state index >= 15 is 0 Å². The number of imidazole rings is 1. The van der Waals surface area contributed by atoms with Crippen LogP contribution in [-0.4, -0.2) is 22.2 Å². The van der Waals surface area contributed by atoms with E-state index in [1.807, 2.05) is 24.3 Å². The van der Waals surface area contributed by atoms with Gasteiger partial charge in [0.25, 0.3) is 0 Å². The Morgan fingerprint density at radius 1 is 1.39 bits per heavy atom. The third kappa shape index (κ3) is 2.19. The van der Waals surface area contributed by atoms with Crippen molar-refractivity contribution in [3.8, 4) is 5.75 Å². The molecule has 0 saturated carbocycles. The van der Waals surface area contributed by atoms with Gasteiger partial charge in [0.05, 0.1) is 23.8 Å². The summed E-state index contributed by atoms with van der Waals surface area (Å²) >= 11 is 1.59. The zero-order valence-corrected chi connectivity index (χ0v) is 10.5. The van der Waals surface area contributed by atoms with Gasteiger partial charge in [-0.1, -0.05) is 16.9 Å². The second-order valence-corrected chi connectivity index (χ2v) is 4.67. The molecule has 3 aromatic rings. The third-order valence-corrected chi connectivity index (χ3v) is 3.42. The maximum absolute atomic E-state index is 5.17. The lowest BCUT2D eigenvalue weighted by Crippen LogP contribution is -1.81. The van der Waals surface area contributed by atoms with E-state index in [0.717, 1.165) is 33.4 Å². The summed E-state index contributed by atoms with van der Waals surface area (Å²) in [6, 6.07) is 7.61. The van der Waals surface area contributed by atoms with Gasteiger partial charge in [-0.2, -0.15) is 0 Å². The molecule has 18 heavy (non-hydrogen) atoms. The number of hydrogen-bond acceptors (Lipinski definition) is 5. The molecule has 0 aliphatic rings. The summed E-state index contributed by atoms with van der Waals surface area (Å²) < 4.78 is 9.96. The first-order valence-electron chi connectivity index (χ1n) is 5.41. The summed E-state index contributed by atoms with van der Waals surface area (Å²) in [6.07, 6.45) is 1.57. The molecule has 0 spiro atoms. The fourth-order valence-corrected chi connectivity index (χ4v) is 2.39. The lowest BCUT2D eigenvalue weighted by molar-refractivity contribution is 0.414. The topological polar surface area (TPSA) is 63.9 Å². The lowest BCUT2D eigenvalue weighted by Gasteiger charge is -1.96. The number of ether oxygens (including phenoxy) is 1. The monoisotopic (exact) mass is 261 g/mol. The molecule has 0 aliphatic heterocycles. The Balaban J connectivity index is 1.80. The quantitative estimate of drug-likeness (QED) is 0.732. The highest BCUT2D eigenvalue weighted by Gasteiger charge is 2.06. The Morgan fingerprint density at radius 3 is 3.11 bits per heavy atom. The summed E-state index contributed by atoms with van der Waals surface area (Å²) in [6.45, 7) is 0. The molecule has 1 aromatic carbocycles. The molecule has 0 radical (unpaired) electrons. The molecule has 2 aromatic heterocycles. The molecule has 0 saturated heterocycles. The lowest BCUT2D eigenvalue weighted by atomic mass is 10.3. The number of H-pyrrole nitrogens is 1. The van der Waals surface area contributed by atoms with E-state index in [-0.39, 0.29) is 0 Å². The van der Waals surface area contributed by atoms with Crippen molar-refractivity contribution >= 4 is 22.8 Å². The van der Waals surface area contributed by atoms with Crippen molar-refractivity contribution in [3.63, 3.8) is 0 Å². The number of nitrogens with zero attached hydrogens (tertiary/aromatic N) is 2. The van der Waals surface area contributed by atoms with E-state index in [1.54, 1.807) is 25.1 Å². The van der Waals surface area contributed by atoms with Crippen molar-refractivity contribution in [1.29, 1.82) is 0 Å². The number of hydrogen-bond donors (Lipinski definition) is 1. The Morgan fingerprint density at radius 2 is 2.33 bits per heavy atom. The first kappa shape index (κ1) is 11.2. The fraction of sp³-hybridized carbons (Fsp3) is 0.167. The predicted molar refractivity (Wildman–Crippen MR) is 68.7 cm³/mol. The highest BCUT2D eigenvalue weighted by molar-refractivity contribution is 7.98.